The second kappa shape index (κ2) is 8.66. The highest BCUT2D eigenvalue weighted by Crippen LogP contribution is 2.35. The number of ether oxygens (including phenoxy) is 2. The van der Waals surface area contributed by atoms with E-state index in [1.807, 2.05) is 20.8 Å². The van der Waals surface area contributed by atoms with Crippen molar-refractivity contribution in [3.05, 3.63) is 0 Å². The zero-order chi connectivity index (χ0) is 16.5. The summed E-state index contributed by atoms with van der Waals surface area (Å²) < 4.78 is 10.1. The molecule has 5 nitrogen and oxygen atoms in total. The van der Waals surface area contributed by atoms with Gasteiger partial charge in [0.15, 0.2) is 5.60 Å². The summed E-state index contributed by atoms with van der Waals surface area (Å²) in [6.45, 7) is 7.31. The van der Waals surface area contributed by atoms with Gasteiger partial charge in [-0.2, -0.15) is 5.26 Å². The Hall–Kier alpha value is -1.57. The fourth-order valence-corrected chi connectivity index (χ4v) is 2.17. The third-order valence-electron chi connectivity index (χ3n) is 4.06. The van der Waals surface area contributed by atoms with Crippen LogP contribution in [0.1, 0.15) is 66.2 Å². The number of carbonyl (C=O) groups excluding carboxylic acids is 2. The Balaban J connectivity index is 5.13. The summed E-state index contributed by atoms with van der Waals surface area (Å²) in [5.74, 6) is -0.930. The van der Waals surface area contributed by atoms with Crippen LogP contribution in [0.25, 0.3) is 0 Å². The van der Waals surface area contributed by atoms with Crippen molar-refractivity contribution in [1.29, 1.82) is 5.26 Å². The Bertz CT molecular complexity index is 396. The number of hydrogen-bond donors (Lipinski definition) is 0. The van der Waals surface area contributed by atoms with Crippen molar-refractivity contribution in [1.82, 2.24) is 0 Å². The Morgan fingerprint density at radius 2 is 1.76 bits per heavy atom. The van der Waals surface area contributed by atoms with Crippen LogP contribution in [-0.4, -0.2) is 24.6 Å². The number of nitriles is 1. The highest BCUT2D eigenvalue weighted by Gasteiger charge is 2.42. The highest BCUT2D eigenvalue weighted by atomic mass is 16.6. The Morgan fingerprint density at radius 3 is 2.14 bits per heavy atom. The van der Waals surface area contributed by atoms with Crippen molar-refractivity contribution in [3.63, 3.8) is 0 Å². The summed E-state index contributed by atoms with van der Waals surface area (Å²) in [5.41, 5.74) is -2.06. The number of esters is 2. The van der Waals surface area contributed by atoms with Gasteiger partial charge in [0, 0.05) is 6.42 Å². The molecular formula is C16H27NO4. The van der Waals surface area contributed by atoms with Crippen LogP contribution in [0.4, 0.5) is 0 Å². The molecule has 0 saturated carbocycles. The quantitative estimate of drug-likeness (QED) is 0.610. The molecule has 1 unspecified atom stereocenters. The second-order valence-corrected chi connectivity index (χ2v) is 5.58. The summed E-state index contributed by atoms with van der Waals surface area (Å²) >= 11 is 0. The molecule has 0 bridgehead atoms. The van der Waals surface area contributed by atoms with E-state index in [0.717, 1.165) is 12.8 Å². The maximum Gasteiger partial charge on any atom is 0.314 e. The van der Waals surface area contributed by atoms with Gasteiger partial charge in [-0.25, -0.2) is 0 Å². The van der Waals surface area contributed by atoms with Crippen LogP contribution in [0, 0.1) is 16.7 Å². The lowest BCUT2D eigenvalue weighted by molar-refractivity contribution is -0.171. The first-order valence-electron chi connectivity index (χ1n) is 7.54. The molecule has 0 radical (unpaired) electrons. The van der Waals surface area contributed by atoms with Gasteiger partial charge < -0.3 is 9.47 Å². The third-order valence-corrected chi connectivity index (χ3v) is 4.06. The molecule has 0 aliphatic carbocycles. The predicted molar refractivity (Wildman–Crippen MR) is 79.3 cm³/mol. The van der Waals surface area contributed by atoms with Crippen LogP contribution in [0.2, 0.25) is 0 Å². The molecule has 0 aliphatic heterocycles. The average Bonchev–Trinajstić information content (AvgIpc) is 2.50. The molecule has 0 rings (SSSR count). The lowest BCUT2D eigenvalue weighted by Gasteiger charge is -2.32. The number of hydrogen-bond acceptors (Lipinski definition) is 5. The molecule has 1 atom stereocenters. The fourth-order valence-electron chi connectivity index (χ4n) is 2.17. The van der Waals surface area contributed by atoms with E-state index in [1.54, 1.807) is 6.92 Å². The number of unbranched alkanes of at least 4 members (excludes halogenated alkanes) is 1. The number of carbonyl (C=O) groups is 2. The molecule has 0 fully saturated rings. The largest absolute Gasteiger partial charge is 0.469 e. The van der Waals surface area contributed by atoms with Gasteiger partial charge in [-0.05, 0) is 26.2 Å². The lowest BCUT2D eigenvalue weighted by atomic mass is 9.79. The zero-order valence-electron chi connectivity index (χ0n) is 13.8. The van der Waals surface area contributed by atoms with Crippen molar-refractivity contribution < 1.29 is 19.1 Å². The van der Waals surface area contributed by atoms with Gasteiger partial charge >= 0.3 is 11.9 Å². The van der Waals surface area contributed by atoms with E-state index in [0.29, 0.717) is 19.3 Å². The lowest BCUT2D eigenvalue weighted by Crippen LogP contribution is -2.40. The van der Waals surface area contributed by atoms with Crippen LogP contribution in [0.3, 0.4) is 0 Å². The third kappa shape index (κ3) is 5.37. The van der Waals surface area contributed by atoms with Crippen LogP contribution >= 0.6 is 0 Å². The summed E-state index contributed by atoms with van der Waals surface area (Å²) in [4.78, 5) is 24.1. The number of methoxy groups -OCH3 is 1. The van der Waals surface area contributed by atoms with Crippen molar-refractivity contribution in [2.24, 2.45) is 5.41 Å². The van der Waals surface area contributed by atoms with E-state index in [1.165, 1.54) is 7.11 Å². The maximum absolute atomic E-state index is 12.5. The first-order chi connectivity index (χ1) is 9.82. The van der Waals surface area contributed by atoms with E-state index >= 15 is 0 Å². The van der Waals surface area contributed by atoms with Crippen molar-refractivity contribution in [2.45, 2.75) is 71.8 Å². The Labute approximate surface area is 127 Å². The minimum atomic E-state index is -1.14. The fraction of sp³-hybridized carbons (Fsp3) is 0.812. The Kier molecular flexibility index (Phi) is 8.01. The zero-order valence-corrected chi connectivity index (χ0v) is 13.8. The SMILES string of the molecule is CCCCC(C)(C#N)OC(=O)C(CC)(CC)CC(=O)OC. The summed E-state index contributed by atoms with van der Waals surface area (Å²) in [6.07, 6.45) is 3.13. The van der Waals surface area contributed by atoms with Gasteiger partial charge in [0.05, 0.1) is 18.9 Å². The number of rotatable bonds is 9. The van der Waals surface area contributed by atoms with E-state index in [9.17, 15) is 14.9 Å². The molecule has 0 aromatic heterocycles. The standard InChI is InChI=1S/C16H27NO4/c1-6-9-10-15(4,12-17)21-14(19)16(7-2,8-3)11-13(18)20-5/h6-11H2,1-5H3. The molecule has 0 amide bonds. The van der Waals surface area contributed by atoms with Gasteiger partial charge in [0.25, 0.3) is 0 Å². The van der Waals surface area contributed by atoms with Gasteiger partial charge in [0.1, 0.15) is 6.07 Å². The molecule has 0 N–H and O–H groups in total. The van der Waals surface area contributed by atoms with Crippen molar-refractivity contribution >= 4 is 11.9 Å². The second-order valence-electron chi connectivity index (χ2n) is 5.58. The minimum absolute atomic E-state index is 0.0232. The van der Waals surface area contributed by atoms with Gasteiger partial charge in [-0.1, -0.05) is 27.2 Å². The number of nitrogens with zero attached hydrogens (tertiary/aromatic N) is 1. The average molecular weight is 297 g/mol. The van der Waals surface area contributed by atoms with E-state index < -0.39 is 23.0 Å². The predicted octanol–water partition coefficient (Wildman–Crippen LogP) is 3.37. The summed E-state index contributed by atoms with van der Waals surface area (Å²) in [7, 11) is 1.30. The molecule has 0 aromatic carbocycles. The Morgan fingerprint density at radius 1 is 1.19 bits per heavy atom. The van der Waals surface area contributed by atoms with Crippen molar-refractivity contribution in [2.75, 3.05) is 7.11 Å². The first-order valence-corrected chi connectivity index (χ1v) is 7.54. The smallest absolute Gasteiger partial charge is 0.314 e. The molecule has 0 heterocycles. The normalized spacial score (nSPS) is 13.9. The molecule has 21 heavy (non-hydrogen) atoms. The summed E-state index contributed by atoms with van der Waals surface area (Å²) in [5, 5.41) is 9.28. The molecule has 0 aliphatic rings. The van der Waals surface area contributed by atoms with E-state index in [4.69, 9.17) is 4.74 Å². The van der Waals surface area contributed by atoms with Crippen LogP contribution in [0.5, 0.6) is 0 Å². The van der Waals surface area contributed by atoms with E-state index in [-0.39, 0.29) is 6.42 Å². The topological polar surface area (TPSA) is 76.4 Å². The monoisotopic (exact) mass is 297 g/mol. The minimum Gasteiger partial charge on any atom is -0.469 e. The molecule has 0 spiro atoms. The van der Waals surface area contributed by atoms with Crippen LogP contribution < -0.4 is 0 Å². The highest BCUT2D eigenvalue weighted by molar-refractivity contribution is 5.83. The first kappa shape index (κ1) is 19.4. The maximum atomic E-state index is 12.5. The van der Waals surface area contributed by atoms with Gasteiger partial charge in [-0.15, -0.1) is 0 Å². The molecule has 120 valence electrons. The molecule has 0 aromatic rings. The summed E-state index contributed by atoms with van der Waals surface area (Å²) in [6, 6.07) is 2.07. The van der Waals surface area contributed by atoms with Crippen LogP contribution in [0.15, 0.2) is 0 Å². The van der Waals surface area contributed by atoms with Crippen LogP contribution in [-0.2, 0) is 19.1 Å². The molecule has 5 heteroatoms. The van der Waals surface area contributed by atoms with Gasteiger partial charge in [-0.3, -0.25) is 9.59 Å². The molecule has 0 saturated heterocycles. The molecular weight excluding hydrogens is 270 g/mol. The van der Waals surface area contributed by atoms with E-state index in [2.05, 4.69) is 10.8 Å². The van der Waals surface area contributed by atoms with Crippen molar-refractivity contribution in [3.8, 4) is 6.07 Å². The van der Waals surface area contributed by atoms with Gasteiger partial charge in [0.2, 0.25) is 0 Å².